The second kappa shape index (κ2) is 4.66. The molecule has 0 saturated heterocycles. The summed E-state index contributed by atoms with van der Waals surface area (Å²) in [5.41, 5.74) is 11.3. The van der Waals surface area contributed by atoms with Gasteiger partial charge in [0.2, 0.25) is 0 Å². The lowest BCUT2D eigenvalue weighted by Crippen LogP contribution is -1.89. The highest BCUT2D eigenvalue weighted by molar-refractivity contribution is 5.88. The zero-order valence-corrected chi connectivity index (χ0v) is 11.5. The lowest BCUT2D eigenvalue weighted by Gasteiger charge is -2.06. The molecule has 2 aromatic carbocycles. The SMILES string of the molecule is Nc1n[nH]c(-c2ccc3c(c2)CCO3)c1-c1ccccc1. The normalized spacial score (nSPS) is 13.0. The van der Waals surface area contributed by atoms with Crippen molar-refractivity contribution in [1.82, 2.24) is 10.2 Å². The van der Waals surface area contributed by atoms with Crippen LogP contribution in [0.5, 0.6) is 5.75 Å². The van der Waals surface area contributed by atoms with E-state index in [-0.39, 0.29) is 0 Å². The Bertz CT molecular complexity index is 793. The Morgan fingerprint density at radius 3 is 2.76 bits per heavy atom. The summed E-state index contributed by atoms with van der Waals surface area (Å²) in [6, 6.07) is 16.3. The average molecular weight is 277 g/mol. The summed E-state index contributed by atoms with van der Waals surface area (Å²) in [6.45, 7) is 0.759. The third-order valence-corrected chi connectivity index (χ3v) is 3.83. The number of hydrogen-bond acceptors (Lipinski definition) is 3. The fourth-order valence-electron chi connectivity index (χ4n) is 2.80. The molecule has 0 bridgehead atoms. The molecule has 1 aliphatic heterocycles. The quantitative estimate of drug-likeness (QED) is 0.755. The Hall–Kier alpha value is -2.75. The predicted octanol–water partition coefficient (Wildman–Crippen LogP) is 3.26. The molecule has 3 N–H and O–H groups in total. The van der Waals surface area contributed by atoms with E-state index in [1.807, 2.05) is 42.5 Å². The monoisotopic (exact) mass is 277 g/mol. The van der Waals surface area contributed by atoms with Gasteiger partial charge >= 0.3 is 0 Å². The number of aromatic nitrogens is 2. The van der Waals surface area contributed by atoms with Crippen molar-refractivity contribution >= 4 is 5.82 Å². The number of hydrogen-bond donors (Lipinski definition) is 2. The van der Waals surface area contributed by atoms with E-state index < -0.39 is 0 Å². The van der Waals surface area contributed by atoms with Crippen LogP contribution in [0.4, 0.5) is 5.82 Å². The van der Waals surface area contributed by atoms with Crippen LogP contribution in [-0.2, 0) is 6.42 Å². The van der Waals surface area contributed by atoms with Gasteiger partial charge in [0.1, 0.15) is 5.75 Å². The number of aromatic amines is 1. The lowest BCUT2D eigenvalue weighted by molar-refractivity contribution is 0.357. The molecule has 1 aliphatic rings. The molecule has 4 rings (SSSR count). The number of benzene rings is 2. The van der Waals surface area contributed by atoms with Crippen LogP contribution in [0.25, 0.3) is 22.4 Å². The minimum Gasteiger partial charge on any atom is -0.493 e. The summed E-state index contributed by atoms with van der Waals surface area (Å²) in [4.78, 5) is 0. The fourth-order valence-corrected chi connectivity index (χ4v) is 2.80. The van der Waals surface area contributed by atoms with Crippen molar-refractivity contribution in [3.63, 3.8) is 0 Å². The molecule has 21 heavy (non-hydrogen) atoms. The maximum absolute atomic E-state index is 6.06. The van der Waals surface area contributed by atoms with E-state index in [0.29, 0.717) is 5.82 Å². The first-order chi connectivity index (χ1) is 10.3. The van der Waals surface area contributed by atoms with Crippen LogP contribution in [0.2, 0.25) is 0 Å². The molecule has 0 fully saturated rings. The van der Waals surface area contributed by atoms with Gasteiger partial charge in [-0.05, 0) is 29.3 Å². The van der Waals surface area contributed by atoms with Gasteiger partial charge in [-0.1, -0.05) is 30.3 Å². The zero-order chi connectivity index (χ0) is 14.2. The van der Waals surface area contributed by atoms with E-state index in [1.165, 1.54) is 5.56 Å². The maximum Gasteiger partial charge on any atom is 0.153 e. The average Bonchev–Trinajstić information content (AvgIpc) is 3.13. The van der Waals surface area contributed by atoms with E-state index >= 15 is 0 Å². The molecular weight excluding hydrogens is 262 g/mol. The third kappa shape index (κ3) is 1.96. The summed E-state index contributed by atoms with van der Waals surface area (Å²) < 4.78 is 5.56. The summed E-state index contributed by atoms with van der Waals surface area (Å²) in [7, 11) is 0. The van der Waals surface area contributed by atoms with Crippen LogP contribution >= 0.6 is 0 Å². The second-order valence-electron chi connectivity index (χ2n) is 5.15. The molecule has 4 nitrogen and oxygen atoms in total. The topological polar surface area (TPSA) is 63.9 Å². The highest BCUT2D eigenvalue weighted by atomic mass is 16.5. The summed E-state index contributed by atoms with van der Waals surface area (Å²) in [5.74, 6) is 1.50. The molecule has 104 valence electrons. The number of anilines is 1. The van der Waals surface area contributed by atoms with Gasteiger partial charge < -0.3 is 10.5 Å². The number of nitrogen functional groups attached to an aromatic ring is 1. The number of nitrogens with two attached hydrogens (primary N) is 1. The molecule has 0 unspecified atom stereocenters. The van der Waals surface area contributed by atoms with Gasteiger partial charge in [0.25, 0.3) is 0 Å². The van der Waals surface area contributed by atoms with Crippen molar-refractivity contribution in [1.29, 1.82) is 0 Å². The standard InChI is InChI=1S/C17H15N3O/c18-17-15(11-4-2-1-3-5-11)16(19-20-17)13-6-7-14-12(10-13)8-9-21-14/h1-7,10H,8-9H2,(H3,18,19,20). The van der Waals surface area contributed by atoms with E-state index in [2.05, 4.69) is 16.3 Å². The van der Waals surface area contributed by atoms with Crippen molar-refractivity contribution in [3.05, 3.63) is 54.1 Å². The molecule has 4 heteroatoms. The molecule has 0 radical (unpaired) electrons. The maximum atomic E-state index is 6.06. The number of rotatable bonds is 2. The molecule has 2 heterocycles. The van der Waals surface area contributed by atoms with Crippen LogP contribution in [0.15, 0.2) is 48.5 Å². The number of nitrogens with zero attached hydrogens (tertiary/aromatic N) is 1. The third-order valence-electron chi connectivity index (χ3n) is 3.83. The number of ether oxygens (including phenoxy) is 1. The van der Waals surface area contributed by atoms with Crippen molar-refractivity contribution in [2.75, 3.05) is 12.3 Å². The second-order valence-corrected chi connectivity index (χ2v) is 5.15. The lowest BCUT2D eigenvalue weighted by atomic mass is 9.99. The molecule has 0 spiro atoms. The van der Waals surface area contributed by atoms with Crippen molar-refractivity contribution in [2.45, 2.75) is 6.42 Å². The molecule has 0 atom stereocenters. The van der Waals surface area contributed by atoms with Gasteiger partial charge in [-0.2, -0.15) is 5.10 Å². The molecule has 3 aromatic rings. The first-order valence-electron chi connectivity index (χ1n) is 6.98. The Labute approximate surface area is 122 Å². The van der Waals surface area contributed by atoms with E-state index in [9.17, 15) is 0 Å². The number of nitrogens with one attached hydrogen (secondary N) is 1. The predicted molar refractivity (Wildman–Crippen MR) is 83.1 cm³/mol. The van der Waals surface area contributed by atoms with Crippen molar-refractivity contribution < 1.29 is 4.74 Å². The first-order valence-corrected chi connectivity index (χ1v) is 6.98. The zero-order valence-electron chi connectivity index (χ0n) is 11.5. The van der Waals surface area contributed by atoms with Gasteiger partial charge in [0.15, 0.2) is 5.82 Å². The largest absolute Gasteiger partial charge is 0.493 e. The number of fused-ring (bicyclic) bond motifs is 1. The molecule has 1 aromatic heterocycles. The van der Waals surface area contributed by atoms with E-state index in [4.69, 9.17) is 10.5 Å². The fraction of sp³-hybridized carbons (Fsp3) is 0.118. The smallest absolute Gasteiger partial charge is 0.153 e. The minimum atomic E-state index is 0.521. The van der Waals surface area contributed by atoms with E-state index in [0.717, 1.165) is 41.2 Å². The highest BCUT2D eigenvalue weighted by Gasteiger charge is 2.17. The number of H-pyrrole nitrogens is 1. The van der Waals surface area contributed by atoms with Gasteiger partial charge in [0, 0.05) is 12.0 Å². The van der Waals surface area contributed by atoms with Gasteiger partial charge in [0.05, 0.1) is 17.9 Å². The first kappa shape index (κ1) is 12.0. The van der Waals surface area contributed by atoms with Gasteiger partial charge in [-0.15, -0.1) is 0 Å². The Kier molecular flexibility index (Phi) is 2.67. The Balaban J connectivity index is 1.87. The van der Waals surface area contributed by atoms with Crippen LogP contribution in [0.3, 0.4) is 0 Å². The van der Waals surface area contributed by atoms with Crippen LogP contribution in [0, 0.1) is 0 Å². The highest BCUT2D eigenvalue weighted by Crippen LogP contribution is 2.37. The van der Waals surface area contributed by atoms with Crippen LogP contribution < -0.4 is 10.5 Å². The van der Waals surface area contributed by atoms with Crippen LogP contribution in [-0.4, -0.2) is 16.8 Å². The molecule has 0 amide bonds. The summed E-state index contributed by atoms with van der Waals surface area (Å²) in [5, 5.41) is 7.25. The van der Waals surface area contributed by atoms with Gasteiger partial charge in [-0.25, -0.2) is 0 Å². The molecule has 0 saturated carbocycles. The summed E-state index contributed by atoms with van der Waals surface area (Å²) in [6.07, 6.45) is 0.952. The molecule has 0 aliphatic carbocycles. The Morgan fingerprint density at radius 1 is 1.05 bits per heavy atom. The van der Waals surface area contributed by atoms with Gasteiger partial charge in [-0.3, -0.25) is 5.10 Å². The van der Waals surface area contributed by atoms with Crippen molar-refractivity contribution in [3.8, 4) is 28.1 Å². The van der Waals surface area contributed by atoms with Crippen molar-refractivity contribution in [2.24, 2.45) is 0 Å². The van der Waals surface area contributed by atoms with Crippen LogP contribution in [0.1, 0.15) is 5.56 Å². The molecular formula is C17H15N3O. The minimum absolute atomic E-state index is 0.521. The summed E-state index contributed by atoms with van der Waals surface area (Å²) >= 11 is 0. The Morgan fingerprint density at radius 2 is 1.90 bits per heavy atom. The van der Waals surface area contributed by atoms with E-state index in [1.54, 1.807) is 0 Å².